The Hall–Kier alpha value is -0.870. The summed E-state index contributed by atoms with van der Waals surface area (Å²) < 4.78 is 0. The van der Waals surface area contributed by atoms with Gasteiger partial charge in [0, 0.05) is 24.1 Å². The highest BCUT2D eigenvalue weighted by Gasteiger charge is 2.56. The molecule has 4 heteroatoms. The fourth-order valence-corrected chi connectivity index (χ4v) is 7.22. The number of nitrogens with one attached hydrogen (secondary N) is 2. The van der Waals surface area contributed by atoms with E-state index in [1.54, 1.807) is 0 Å². The molecular weight excluding hydrogens is 324 g/mol. The lowest BCUT2D eigenvalue weighted by atomic mass is 9.51. The van der Waals surface area contributed by atoms with Gasteiger partial charge in [-0.2, -0.15) is 0 Å². The first-order chi connectivity index (χ1) is 12.6. The second-order valence-electron chi connectivity index (χ2n) is 9.82. The van der Waals surface area contributed by atoms with Gasteiger partial charge in [0.2, 0.25) is 0 Å². The minimum absolute atomic E-state index is 0.0222. The van der Waals surface area contributed by atoms with Gasteiger partial charge in [-0.05, 0) is 87.5 Å². The summed E-state index contributed by atoms with van der Waals surface area (Å²) in [4.78, 5) is 18.4. The Morgan fingerprint density at radius 3 is 2.85 bits per heavy atom. The highest BCUT2D eigenvalue weighted by molar-refractivity contribution is 5.87. The molecule has 26 heavy (non-hydrogen) atoms. The normalized spacial score (nSPS) is 47.7. The predicted molar refractivity (Wildman–Crippen MR) is 101 cm³/mol. The molecule has 2 N–H and O–H groups in total. The van der Waals surface area contributed by atoms with Crippen LogP contribution in [-0.2, 0) is 9.63 Å². The van der Waals surface area contributed by atoms with E-state index in [1.165, 1.54) is 37.8 Å². The number of carbonyl (C=O) groups excluding carboxylic acids is 1. The summed E-state index contributed by atoms with van der Waals surface area (Å²) >= 11 is 0. The Balaban J connectivity index is 1.25. The molecule has 1 heterocycles. The number of ketones is 1. The monoisotopic (exact) mass is 358 g/mol. The van der Waals surface area contributed by atoms with Crippen LogP contribution in [0.25, 0.3) is 0 Å². The highest BCUT2D eigenvalue weighted by atomic mass is 16.7. The molecule has 0 bridgehead atoms. The molecule has 4 fully saturated rings. The number of Topliss-reactive ketones (excluding diaryl/α,β-unsaturated/α-hetero) is 1. The van der Waals surface area contributed by atoms with Gasteiger partial charge >= 0.3 is 0 Å². The van der Waals surface area contributed by atoms with Crippen LogP contribution in [0.5, 0.6) is 0 Å². The average Bonchev–Trinajstić information content (AvgIpc) is 3.28. The number of allylic oxidation sites excluding steroid dienone is 2. The average molecular weight is 359 g/mol. The summed E-state index contributed by atoms with van der Waals surface area (Å²) in [6.07, 6.45) is 13.4. The van der Waals surface area contributed by atoms with Gasteiger partial charge in [0.15, 0.2) is 0 Å². The molecule has 0 aromatic heterocycles. The molecule has 4 nitrogen and oxygen atoms in total. The van der Waals surface area contributed by atoms with Gasteiger partial charge in [0.1, 0.15) is 5.78 Å². The van der Waals surface area contributed by atoms with E-state index >= 15 is 0 Å². The van der Waals surface area contributed by atoms with Crippen LogP contribution in [0.1, 0.15) is 64.7 Å². The van der Waals surface area contributed by atoms with Crippen molar-refractivity contribution < 1.29 is 9.63 Å². The number of carbonyl (C=O) groups is 1. The number of hydroxylamine groups is 1. The summed E-state index contributed by atoms with van der Waals surface area (Å²) in [5.41, 5.74) is 4.63. The molecule has 4 aliphatic carbocycles. The first-order valence-electron chi connectivity index (χ1n) is 11.0. The Morgan fingerprint density at radius 2 is 2.00 bits per heavy atom. The Kier molecular flexibility index (Phi) is 4.40. The second kappa shape index (κ2) is 6.63. The van der Waals surface area contributed by atoms with Crippen molar-refractivity contribution in [3.05, 3.63) is 11.8 Å². The van der Waals surface area contributed by atoms with E-state index in [0.717, 1.165) is 62.4 Å². The van der Waals surface area contributed by atoms with Gasteiger partial charge in [-0.25, -0.2) is 0 Å². The van der Waals surface area contributed by atoms with Crippen molar-refractivity contribution >= 4 is 5.78 Å². The third-order valence-electron chi connectivity index (χ3n) is 8.67. The largest absolute Gasteiger partial charge is 0.314 e. The third-order valence-corrected chi connectivity index (χ3v) is 8.67. The van der Waals surface area contributed by atoms with E-state index in [0.29, 0.717) is 17.8 Å². The molecule has 7 atom stereocenters. The Morgan fingerprint density at radius 1 is 1.08 bits per heavy atom. The summed E-state index contributed by atoms with van der Waals surface area (Å²) in [6, 6.07) is 0. The fraction of sp³-hybridized carbons (Fsp3) is 0.864. The zero-order valence-electron chi connectivity index (χ0n) is 16.1. The van der Waals surface area contributed by atoms with Crippen LogP contribution in [0.4, 0.5) is 0 Å². The first-order valence-corrected chi connectivity index (χ1v) is 11.0. The van der Waals surface area contributed by atoms with E-state index in [4.69, 9.17) is 4.84 Å². The maximum Gasteiger partial charge on any atom is 0.139 e. The Labute approximate surface area is 157 Å². The van der Waals surface area contributed by atoms with E-state index in [2.05, 4.69) is 23.8 Å². The predicted octanol–water partition coefficient (Wildman–Crippen LogP) is 3.59. The number of hydrogen-bond acceptors (Lipinski definition) is 4. The van der Waals surface area contributed by atoms with Crippen LogP contribution >= 0.6 is 0 Å². The summed E-state index contributed by atoms with van der Waals surface area (Å²) in [5.74, 6) is 4.47. The summed E-state index contributed by atoms with van der Waals surface area (Å²) in [6.45, 7) is 4.32. The minimum Gasteiger partial charge on any atom is -0.314 e. The van der Waals surface area contributed by atoms with Crippen molar-refractivity contribution in [2.45, 2.75) is 70.8 Å². The molecule has 0 spiro atoms. The van der Waals surface area contributed by atoms with Gasteiger partial charge in [0.25, 0.3) is 0 Å². The van der Waals surface area contributed by atoms with Crippen molar-refractivity contribution in [1.29, 1.82) is 0 Å². The van der Waals surface area contributed by atoms with Crippen LogP contribution in [0.15, 0.2) is 11.8 Å². The molecule has 144 valence electrons. The molecule has 3 saturated carbocycles. The van der Waals surface area contributed by atoms with Crippen LogP contribution in [0.3, 0.4) is 0 Å². The lowest BCUT2D eigenvalue weighted by Crippen LogP contribution is -2.48. The van der Waals surface area contributed by atoms with Crippen molar-refractivity contribution in [2.24, 2.45) is 35.0 Å². The molecule has 0 aromatic rings. The van der Waals surface area contributed by atoms with E-state index in [9.17, 15) is 4.79 Å². The highest BCUT2D eigenvalue weighted by Crippen LogP contribution is 2.60. The smallest absolute Gasteiger partial charge is 0.139 e. The zero-order chi connectivity index (χ0) is 17.7. The van der Waals surface area contributed by atoms with E-state index < -0.39 is 0 Å². The summed E-state index contributed by atoms with van der Waals surface area (Å²) in [5, 5.41) is 3.35. The SMILES string of the molecule is CC12CCC3C4CCC(NOC5CCNC5)=CC4CCC3C1CCC2=O. The zero-order valence-corrected chi connectivity index (χ0v) is 16.1. The van der Waals surface area contributed by atoms with Crippen molar-refractivity contribution in [3.8, 4) is 0 Å². The second-order valence-corrected chi connectivity index (χ2v) is 9.82. The topological polar surface area (TPSA) is 50.4 Å². The van der Waals surface area contributed by atoms with Crippen LogP contribution in [0, 0.1) is 35.0 Å². The Bertz CT molecular complexity index is 597. The van der Waals surface area contributed by atoms with Gasteiger partial charge < -0.3 is 5.32 Å². The molecular formula is C22H34N2O2. The van der Waals surface area contributed by atoms with Crippen molar-refractivity contribution in [3.63, 3.8) is 0 Å². The fourth-order valence-electron chi connectivity index (χ4n) is 7.22. The molecule has 0 amide bonds. The molecule has 7 unspecified atom stereocenters. The quantitative estimate of drug-likeness (QED) is 0.757. The van der Waals surface area contributed by atoms with Gasteiger partial charge in [-0.15, -0.1) is 0 Å². The standard InChI is InChI=1S/C22H34N2O2/c1-22-10-8-18-17-5-3-15(24-26-16-9-11-23-13-16)12-14(17)2-4-19(18)20(22)6-7-21(22)25/h12,14,16-20,23-24H,2-11,13H2,1H3. The molecule has 1 saturated heterocycles. The van der Waals surface area contributed by atoms with E-state index in [-0.39, 0.29) is 5.41 Å². The molecule has 0 radical (unpaired) electrons. The van der Waals surface area contributed by atoms with Crippen molar-refractivity contribution in [1.82, 2.24) is 10.8 Å². The molecule has 1 aliphatic heterocycles. The molecule has 5 aliphatic rings. The van der Waals surface area contributed by atoms with Crippen LogP contribution < -0.4 is 10.8 Å². The number of hydrogen-bond donors (Lipinski definition) is 2. The van der Waals surface area contributed by atoms with Gasteiger partial charge in [0.05, 0.1) is 6.10 Å². The lowest BCUT2D eigenvalue weighted by molar-refractivity contribution is -0.132. The molecule has 0 aromatic carbocycles. The lowest BCUT2D eigenvalue weighted by Gasteiger charge is -2.53. The van der Waals surface area contributed by atoms with Crippen molar-refractivity contribution in [2.75, 3.05) is 13.1 Å². The van der Waals surface area contributed by atoms with Gasteiger partial charge in [-0.1, -0.05) is 13.0 Å². The minimum atomic E-state index is 0.0222. The maximum atomic E-state index is 12.5. The molecule has 5 rings (SSSR count). The third kappa shape index (κ3) is 2.75. The van der Waals surface area contributed by atoms with Crippen LogP contribution in [0.2, 0.25) is 0 Å². The first kappa shape index (κ1) is 17.2. The maximum absolute atomic E-state index is 12.5. The summed E-state index contributed by atoms with van der Waals surface area (Å²) in [7, 11) is 0. The van der Waals surface area contributed by atoms with Crippen LogP contribution in [-0.4, -0.2) is 25.0 Å². The van der Waals surface area contributed by atoms with E-state index in [1.807, 2.05) is 0 Å². The number of rotatable bonds is 3. The van der Waals surface area contributed by atoms with Gasteiger partial charge in [-0.3, -0.25) is 15.1 Å². The number of fused-ring (bicyclic) bond motifs is 5.